The fourth-order valence-electron chi connectivity index (χ4n) is 3.37. The summed E-state index contributed by atoms with van der Waals surface area (Å²) < 4.78 is 72.6. The van der Waals surface area contributed by atoms with Crippen molar-refractivity contribution in [2.75, 3.05) is 38.2 Å². The van der Waals surface area contributed by atoms with Gasteiger partial charge in [-0.15, -0.1) is 0 Å². The molecule has 0 spiro atoms. The first kappa shape index (κ1) is 21.9. The molecule has 0 aliphatic carbocycles. The molecule has 0 N–H and O–H groups in total. The minimum absolute atomic E-state index is 0.0302. The van der Waals surface area contributed by atoms with Crippen molar-refractivity contribution < 1.29 is 26.3 Å². The molecule has 2 aromatic rings. The Kier molecular flexibility index (Phi) is 6.24. The van der Waals surface area contributed by atoms with Crippen LogP contribution in [0.15, 0.2) is 47.4 Å². The van der Waals surface area contributed by atoms with Crippen LogP contribution in [0.4, 0.5) is 18.9 Å². The van der Waals surface area contributed by atoms with E-state index in [0.717, 1.165) is 12.1 Å². The van der Waals surface area contributed by atoms with Crippen molar-refractivity contribution >= 4 is 15.7 Å². The number of hydrogen-bond donors (Lipinski definition) is 0. The molecular weight excluding hydrogens is 419 g/mol. The number of ether oxygens (including phenoxy) is 1. The minimum atomic E-state index is -4.58. The first-order valence-electron chi connectivity index (χ1n) is 9.17. The molecule has 30 heavy (non-hydrogen) atoms. The first-order chi connectivity index (χ1) is 14.2. The van der Waals surface area contributed by atoms with Crippen LogP contribution in [-0.2, 0) is 16.2 Å². The van der Waals surface area contributed by atoms with E-state index in [0.29, 0.717) is 12.2 Å². The van der Waals surface area contributed by atoms with E-state index < -0.39 is 21.8 Å². The van der Waals surface area contributed by atoms with E-state index in [4.69, 9.17) is 10.00 Å². The molecule has 3 rings (SSSR count). The van der Waals surface area contributed by atoms with Gasteiger partial charge in [-0.05, 0) is 48.9 Å². The number of alkyl halides is 3. The van der Waals surface area contributed by atoms with Gasteiger partial charge in [0.25, 0.3) is 0 Å². The van der Waals surface area contributed by atoms with Crippen LogP contribution in [0.1, 0.15) is 17.5 Å². The van der Waals surface area contributed by atoms with E-state index in [9.17, 15) is 21.6 Å². The summed E-state index contributed by atoms with van der Waals surface area (Å²) in [6.45, 7) is 0.534. The van der Waals surface area contributed by atoms with Gasteiger partial charge in [0.2, 0.25) is 10.0 Å². The number of sulfonamides is 1. The van der Waals surface area contributed by atoms with Gasteiger partial charge in [-0.3, -0.25) is 0 Å². The first-order valence-corrected chi connectivity index (χ1v) is 10.6. The third-order valence-electron chi connectivity index (χ3n) is 4.92. The van der Waals surface area contributed by atoms with Crippen molar-refractivity contribution in [2.24, 2.45) is 0 Å². The van der Waals surface area contributed by atoms with Gasteiger partial charge in [0.15, 0.2) is 0 Å². The number of nitriles is 1. The van der Waals surface area contributed by atoms with Gasteiger partial charge in [0.1, 0.15) is 5.75 Å². The Morgan fingerprint density at radius 1 is 1.03 bits per heavy atom. The third kappa shape index (κ3) is 4.52. The van der Waals surface area contributed by atoms with E-state index in [2.05, 4.69) is 0 Å². The lowest BCUT2D eigenvalue weighted by molar-refractivity contribution is -0.137. The van der Waals surface area contributed by atoms with E-state index in [-0.39, 0.29) is 42.3 Å². The number of hydrogen-bond acceptors (Lipinski definition) is 5. The molecular formula is C20H20F3N3O3S. The zero-order chi connectivity index (χ0) is 21.9. The largest absolute Gasteiger partial charge is 0.497 e. The second-order valence-electron chi connectivity index (χ2n) is 6.76. The van der Waals surface area contributed by atoms with Crippen LogP contribution < -0.4 is 9.64 Å². The molecule has 160 valence electrons. The number of anilines is 1. The van der Waals surface area contributed by atoms with Crippen molar-refractivity contribution in [3.63, 3.8) is 0 Å². The molecule has 1 aliphatic rings. The Hall–Kier alpha value is -2.77. The number of methoxy groups -OCH3 is 1. The highest BCUT2D eigenvalue weighted by Crippen LogP contribution is 2.37. The van der Waals surface area contributed by atoms with Gasteiger partial charge in [-0.1, -0.05) is 0 Å². The quantitative estimate of drug-likeness (QED) is 0.729. The maximum atomic E-state index is 13.5. The van der Waals surface area contributed by atoms with Crippen LogP contribution in [0.25, 0.3) is 0 Å². The van der Waals surface area contributed by atoms with E-state index in [1.54, 1.807) is 12.1 Å². The van der Waals surface area contributed by atoms with Crippen molar-refractivity contribution in [1.82, 2.24) is 4.31 Å². The zero-order valence-electron chi connectivity index (χ0n) is 16.2. The van der Waals surface area contributed by atoms with Gasteiger partial charge in [0, 0.05) is 26.2 Å². The minimum Gasteiger partial charge on any atom is -0.497 e. The highest BCUT2D eigenvalue weighted by Gasteiger charge is 2.36. The summed E-state index contributed by atoms with van der Waals surface area (Å²) in [6, 6.07) is 11.0. The van der Waals surface area contributed by atoms with Gasteiger partial charge < -0.3 is 9.64 Å². The molecule has 0 aromatic heterocycles. The number of rotatable bonds is 4. The molecule has 0 amide bonds. The average Bonchev–Trinajstić information content (AvgIpc) is 2.99. The van der Waals surface area contributed by atoms with Crippen LogP contribution in [0, 0.1) is 11.3 Å². The summed E-state index contributed by atoms with van der Waals surface area (Å²) in [5.74, 6) is 0.521. The lowest BCUT2D eigenvalue weighted by atomic mass is 10.1. The van der Waals surface area contributed by atoms with Crippen LogP contribution in [0.3, 0.4) is 0 Å². The zero-order valence-corrected chi connectivity index (χ0v) is 17.0. The molecule has 0 bridgehead atoms. The Balaban J connectivity index is 1.85. The van der Waals surface area contributed by atoms with Crippen LogP contribution in [0.2, 0.25) is 0 Å². The second kappa shape index (κ2) is 8.53. The summed E-state index contributed by atoms with van der Waals surface area (Å²) in [5.41, 5.74) is -0.830. The maximum absolute atomic E-state index is 13.5. The summed E-state index contributed by atoms with van der Waals surface area (Å²) in [5, 5.41) is 9.08. The molecule has 1 fully saturated rings. The highest BCUT2D eigenvalue weighted by atomic mass is 32.2. The van der Waals surface area contributed by atoms with Crippen LogP contribution in [-0.4, -0.2) is 46.0 Å². The van der Waals surface area contributed by atoms with Gasteiger partial charge in [-0.2, -0.15) is 22.7 Å². The van der Waals surface area contributed by atoms with Crippen molar-refractivity contribution in [2.45, 2.75) is 17.5 Å². The van der Waals surface area contributed by atoms with Crippen LogP contribution >= 0.6 is 0 Å². The Labute approximate surface area is 173 Å². The standard InChI is InChI=1S/C20H20F3N3O3S/c1-29-16-4-6-17(7-5-16)30(27,28)26-10-2-9-25(11-12-26)19-13-15(14-24)3-8-18(19)20(21,22)23/h3-8,13H,2,9-12H2,1H3. The second-order valence-corrected chi connectivity index (χ2v) is 8.70. The number of benzene rings is 2. The average molecular weight is 439 g/mol. The predicted molar refractivity (Wildman–Crippen MR) is 105 cm³/mol. The molecule has 1 saturated heterocycles. The summed E-state index contributed by atoms with van der Waals surface area (Å²) in [7, 11) is -2.32. The molecule has 1 heterocycles. The van der Waals surface area contributed by atoms with Gasteiger partial charge >= 0.3 is 6.18 Å². The van der Waals surface area contributed by atoms with E-state index in [1.807, 2.05) is 6.07 Å². The molecule has 10 heteroatoms. The third-order valence-corrected chi connectivity index (χ3v) is 6.84. The number of nitrogens with zero attached hydrogens (tertiary/aromatic N) is 3. The van der Waals surface area contributed by atoms with Gasteiger partial charge in [-0.25, -0.2) is 8.42 Å². The lowest BCUT2D eigenvalue weighted by Crippen LogP contribution is -2.35. The van der Waals surface area contributed by atoms with Crippen LogP contribution in [0.5, 0.6) is 5.75 Å². The Bertz CT molecular complexity index is 1050. The highest BCUT2D eigenvalue weighted by molar-refractivity contribution is 7.89. The summed E-state index contributed by atoms with van der Waals surface area (Å²) in [4.78, 5) is 1.59. The smallest absolute Gasteiger partial charge is 0.418 e. The van der Waals surface area contributed by atoms with Gasteiger partial charge in [0.05, 0.1) is 34.9 Å². The molecule has 1 aliphatic heterocycles. The monoisotopic (exact) mass is 439 g/mol. The molecule has 0 unspecified atom stereocenters. The van der Waals surface area contributed by atoms with E-state index >= 15 is 0 Å². The molecule has 0 saturated carbocycles. The van der Waals surface area contributed by atoms with Crippen molar-refractivity contribution in [3.05, 3.63) is 53.6 Å². The summed E-state index contributed by atoms with van der Waals surface area (Å²) >= 11 is 0. The SMILES string of the molecule is COc1ccc(S(=O)(=O)N2CCCN(c3cc(C#N)ccc3C(F)(F)F)CC2)cc1. The maximum Gasteiger partial charge on any atom is 0.418 e. The lowest BCUT2D eigenvalue weighted by Gasteiger charge is -2.26. The molecule has 0 atom stereocenters. The van der Waals surface area contributed by atoms with Crippen molar-refractivity contribution in [3.8, 4) is 11.8 Å². The summed E-state index contributed by atoms with van der Waals surface area (Å²) in [6.07, 6.45) is -4.23. The predicted octanol–water partition coefficient (Wildman–Crippen LogP) is 3.49. The van der Waals surface area contributed by atoms with E-state index in [1.165, 1.54) is 34.5 Å². The topological polar surface area (TPSA) is 73.6 Å². The molecule has 2 aromatic carbocycles. The van der Waals surface area contributed by atoms with Crippen molar-refractivity contribution in [1.29, 1.82) is 5.26 Å². The fraction of sp³-hybridized carbons (Fsp3) is 0.350. The number of halogens is 3. The molecule has 6 nitrogen and oxygen atoms in total. The Morgan fingerprint density at radius 3 is 2.33 bits per heavy atom. The molecule has 0 radical (unpaired) electrons. The normalized spacial score (nSPS) is 16.0. The fourth-order valence-corrected chi connectivity index (χ4v) is 4.84. The Morgan fingerprint density at radius 2 is 1.73 bits per heavy atom.